The van der Waals surface area contributed by atoms with Crippen LogP contribution in [0.2, 0.25) is 0 Å². The van der Waals surface area contributed by atoms with Crippen molar-refractivity contribution in [2.75, 3.05) is 0 Å². The zero-order valence-corrected chi connectivity index (χ0v) is 26.1. The number of hydrogen-bond acceptors (Lipinski definition) is 2. The lowest BCUT2D eigenvalue weighted by molar-refractivity contribution is 0.428. The molecular formula is C36H34O2Si3. The Morgan fingerprint density at radius 2 is 0.634 bits per heavy atom. The minimum Gasteiger partial charge on any atom is -0.420 e. The van der Waals surface area contributed by atoms with Gasteiger partial charge in [-0.15, -0.1) is 19.7 Å². The maximum absolute atomic E-state index is 8.06. The van der Waals surface area contributed by atoms with E-state index in [2.05, 4.69) is 159 Å². The van der Waals surface area contributed by atoms with E-state index in [-0.39, 0.29) is 0 Å². The molecule has 0 aliphatic carbocycles. The van der Waals surface area contributed by atoms with E-state index in [0.29, 0.717) is 0 Å². The normalized spacial score (nSPS) is 11.9. The molecule has 0 atom stereocenters. The Hall–Kier alpha value is -4.11. The fourth-order valence-electron chi connectivity index (χ4n) is 5.27. The van der Waals surface area contributed by atoms with E-state index in [1.165, 1.54) is 0 Å². The first kappa shape index (κ1) is 28.4. The van der Waals surface area contributed by atoms with Gasteiger partial charge in [0.2, 0.25) is 0 Å². The van der Waals surface area contributed by atoms with Gasteiger partial charge in [-0.2, -0.15) is 0 Å². The van der Waals surface area contributed by atoms with Crippen molar-refractivity contribution in [3.8, 4) is 0 Å². The Morgan fingerprint density at radius 3 is 0.902 bits per heavy atom. The minimum atomic E-state index is -3.52. The first-order valence-corrected chi connectivity index (χ1v) is 19.6. The zero-order valence-electron chi connectivity index (χ0n) is 23.1. The van der Waals surface area contributed by atoms with Gasteiger partial charge in [0.25, 0.3) is 16.6 Å². The van der Waals surface area contributed by atoms with E-state index in [1.54, 1.807) is 0 Å². The highest BCUT2D eigenvalue weighted by molar-refractivity contribution is 7.14. The fraction of sp³-hybridized carbons (Fsp3) is 0. The molecule has 0 unspecified atom stereocenters. The first-order chi connectivity index (χ1) is 20.1. The Morgan fingerprint density at radius 1 is 0.366 bits per heavy atom. The molecule has 0 N–H and O–H groups in total. The summed E-state index contributed by atoms with van der Waals surface area (Å²) in [7, 11) is -9.60. The molecule has 5 heteroatoms. The molecule has 0 amide bonds. The van der Waals surface area contributed by atoms with Gasteiger partial charge in [-0.1, -0.05) is 169 Å². The molecule has 0 saturated carbocycles. The maximum Gasteiger partial charge on any atom is 0.387 e. The molecule has 0 heterocycles. The number of hydrogen-bond donors (Lipinski definition) is 0. The third kappa shape index (κ3) is 5.46. The van der Waals surface area contributed by atoms with Crippen molar-refractivity contribution in [3.05, 3.63) is 188 Å². The van der Waals surface area contributed by atoms with Crippen LogP contribution in [0.25, 0.3) is 0 Å². The Kier molecular flexibility index (Phi) is 8.73. The van der Waals surface area contributed by atoms with Gasteiger partial charge in [0.1, 0.15) is 0 Å². The minimum absolute atomic E-state index is 1.02. The lowest BCUT2D eigenvalue weighted by atomic mass is 10.3. The SMILES string of the molecule is C=C[Si](C=C)(C=C)O[Si](O[Si](c1ccccc1)(c1ccccc1)c1ccccc1)(c1ccccc1)c1ccccc1. The average molecular weight is 583 g/mol. The van der Waals surface area contributed by atoms with Crippen LogP contribution in [0.3, 0.4) is 0 Å². The molecule has 0 saturated heterocycles. The van der Waals surface area contributed by atoms with Crippen LogP contribution in [0.4, 0.5) is 0 Å². The smallest absolute Gasteiger partial charge is 0.387 e. The second kappa shape index (κ2) is 12.6. The molecule has 0 radical (unpaired) electrons. The van der Waals surface area contributed by atoms with Crippen LogP contribution in [0.15, 0.2) is 188 Å². The van der Waals surface area contributed by atoms with E-state index in [4.69, 9.17) is 8.23 Å². The lowest BCUT2D eigenvalue weighted by Crippen LogP contribution is -2.79. The van der Waals surface area contributed by atoms with E-state index in [9.17, 15) is 0 Å². The fourth-order valence-corrected chi connectivity index (χ4v) is 18.9. The quantitative estimate of drug-likeness (QED) is 0.151. The second-order valence-electron chi connectivity index (χ2n) is 9.80. The first-order valence-electron chi connectivity index (χ1n) is 13.7. The summed E-state index contributed by atoms with van der Waals surface area (Å²) < 4.78 is 15.6. The van der Waals surface area contributed by atoms with Gasteiger partial charge >= 0.3 is 8.56 Å². The number of benzene rings is 5. The highest BCUT2D eigenvalue weighted by Crippen LogP contribution is 2.24. The summed E-state index contributed by atoms with van der Waals surface area (Å²) in [6.45, 7) is 12.6. The standard InChI is InChI=1S/C36H34O2Si3/c1-4-39(5-2,6-3)37-41(35-28-18-10-19-29-35,36-30-20-11-21-31-36)38-40(32-22-12-7-13-23-32,33-24-14-8-15-25-33)34-26-16-9-17-27-34/h4-31H,1-3H2. The zero-order chi connectivity index (χ0) is 28.6. The number of rotatable bonds is 12. The Labute approximate surface area is 247 Å². The van der Waals surface area contributed by atoms with Crippen LogP contribution < -0.4 is 25.9 Å². The molecule has 5 aromatic carbocycles. The van der Waals surface area contributed by atoms with Crippen molar-refractivity contribution in [2.45, 2.75) is 0 Å². The summed E-state index contributed by atoms with van der Waals surface area (Å²) in [4.78, 5) is 0. The maximum atomic E-state index is 8.06. The van der Waals surface area contributed by atoms with Crippen LogP contribution in [0.1, 0.15) is 0 Å². The van der Waals surface area contributed by atoms with Gasteiger partial charge in [-0.05, 0) is 25.9 Å². The monoisotopic (exact) mass is 582 g/mol. The van der Waals surface area contributed by atoms with Crippen LogP contribution in [-0.2, 0) is 8.23 Å². The van der Waals surface area contributed by atoms with Crippen LogP contribution in [0.5, 0.6) is 0 Å². The van der Waals surface area contributed by atoms with Crippen molar-refractivity contribution >= 4 is 51.1 Å². The molecule has 2 nitrogen and oxygen atoms in total. The topological polar surface area (TPSA) is 18.5 Å². The molecule has 0 aliphatic rings. The van der Waals surface area contributed by atoms with Crippen molar-refractivity contribution in [3.63, 3.8) is 0 Å². The second-order valence-corrected chi connectivity index (χ2v) is 19.8. The highest BCUT2D eigenvalue weighted by Gasteiger charge is 2.55. The van der Waals surface area contributed by atoms with Gasteiger partial charge in [-0.25, -0.2) is 0 Å². The third-order valence-electron chi connectivity index (χ3n) is 7.42. The summed E-state index contributed by atoms with van der Waals surface area (Å²) in [5.41, 5.74) is 5.67. The summed E-state index contributed by atoms with van der Waals surface area (Å²) >= 11 is 0. The predicted octanol–water partition coefficient (Wildman–Crippen LogP) is 5.06. The highest BCUT2D eigenvalue weighted by atomic mass is 28.5. The summed E-state index contributed by atoms with van der Waals surface area (Å²) in [5.74, 6) is 0. The van der Waals surface area contributed by atoms with E-state index < -0.39 is 25.2 Å². The summed E-state index contributed by atoms with van der Waals surface area (Å²) in [6, 6.07) is 52.7. The van der Waals surface area contributed by atoms with E-state index in [1.807, 2.05) is 29.2 Å². The predicted molar refractivity (Wildman–Crippen MR) is 180 cm³/mol. The molecule has 5 aromatic rings. The molecule has 0 bridgehead atoms. The van der Waals surface area contributed by atoms with Crippen LogP contribution >= 0.6 is 0 Å². The van der Waals surface area contributed by atoms with Crippen molar-refractivity contribution in [1.29, 1.82) is 0 Å². The average Bonchev–Trinajstić information content (AvgIpc) is 3.07. The molecule has 0 fully saturated rings. The van der Waals surface area contributed by atoms with Crippen molar-refractivity contribution in [1.82, 2.24) is 0 Å². The van der Waals surface area contributed by atoms with Gasteiger partial charge in [0.15, 0.2) is 0 Å². The van der Waals surface area contributed by atoms with Crippen LogP contribution in [0, 0.1) is 0 Å². The van der Waals surface area contributed by atoms with E-state index in [0.717, 1.165) is 25.9 Å². The molecule has 0 aliphatic heterocycles. The summed E-state index contributed by atoms with van der Waals surface area (Å²) in [5, 5.41) is 5.48. The van der Waals surface area contributed by atoms with Gasteiger partial charge < -0.3 is 8.23 Å². The molecule has 0 spiro atoms. The third-order valence-corrected chi connectivity index (χ3v) is 19.9. The van der Waals surface area contributed by atoms with Crippen molar-refractivity contribution < 1.29 is 8.23 Å². The molecule has 0 aromatic heterocycles. The molecule has 202 valence electrons. The Bertz CT molecular complexity index is 1420. The molecule has 41 heavy (non-hydrogen) atoms. The lowest BCUT2D eigenvalue weighted by Gasteiger charge is -2.45. The van der Waals surface area contributed by atoms with Crippen molar-refractivity contribution in [2.24, 2.45) is 0 Å². The Balaban J connectivity index is 1.93. The molecule has 5 rings (SSSR count). The van der Waals surface area contributed by atoms with Gasteiger partial charge in [0, 0.05) is 0 Å². The largest absolute Gasteiger partial charge is 0.420 e. The summed E-state index contributed by atoms with van der Waals surface area (Å²) in [6.07, 6.45) is 0. The van der Waals surface area contributed by atoms with Gasteiger partial charge in [-0.3, -0.25) is 0 Å². The van der Waals surface area contributed by atoms with E-state index >= 15 is 0 Å². The molecular weight excluding hydrogens is 549 g/mol. The van der Waals surface area contributed by atoms with Crippen LogP contribution in [-0.4, -0.2) is 25.2 Å². The van der Waals surface area contributed by atoms with Gasteiger partial charge in [0.05, 0.1) is 0 Å².